The van der Waals surface area contributed by atoms with Crippen molar-refractivity contribution >= 4 is 5.91 Å². The molecular weight excluding hydrogens is 532 g/mol. The number of hydrogen-bond acceptors (Lipinski definition) is 8. The third kappa shape index (κ3) is 6.71. The Kier molecular flexibility index (Phi) is 9.33. The topological polar surface area (TPSA) is 104 Å². The summed E-state index contributed by atoms with van der Waals surface area (Å²) in [5.41, 5.74) is 3.52. The van der Waals surface area contributed by atoms with Gasteiger partial charge in [0.25, 0.3) is 5.91 Å². The Balaban J connectivity index is 1.27. The minimum absolute atomic E-state index is 0.117. The van der Waals surface area contributed by atoms with Gasteiger partial charge >= 0.3 is 0 Å². The average molecular weight is 571 g/mol. The summed E-state index contributed by atoms with van der Waals surface area (Å²) in [4.78, 5) is 17.2. The molecule has 1 aromatic heterocycles. The molecule has 1 amide bonds. The molecule has 0 aliphatic carbocycles. The molecule has 0 spiro atoms. The maximum absolute atomic E-state index is 13.4. The van der Waals surface area contributed by atoms with Crippen LogP contribution in [0.2, 0.25) is 0 Å². The average Bonchev–Trinajstić information content (AvgIpc) is 3.48. The van der Waals surface area contributed by atoms with Crippen molar-refractivity contribution in [1.29, 1.82) is 0 Å². The Morgan fingerprint density at radius 3 is 2.43 bits per heavy atom. The van der Waals surface area contributed by atoms with E-state index in [2.05, 4.69) is 44.8 Å². The summed E-state index contributed by atoms with van der Waals surface area (Å²) in [5.74, 6) is 2.77. The summed E-state index contributed by atoms with van der Waals surface area (Å²) < 4.78 is 16.8. The number of tetrazole rings is 1. The summed E-state index contributed by atoms with van der Waals surface area (Å²) in [6.07, 6.45) is 1.86. The van der Waals surface area contributed by atoms with E-state index in [-0.39, 0.29) is 18.0 Å². The lowest BCUT2D eigenvalue weighted by Gasteiger charge is -2.40. The Bertz CT molecular complexity index is 1470. The zero-order chi connectivity index (χ0) is 29.5. The van der Waals surface area contributed by atoms with Crippen molar-refractivity contribution in [2.75, 3.05) is 33.9 Å². The van der Waals surface area contributed by atoms with Gasteiger partial charge in [-0.3, -0.25) is 9.69 Å². The second kappa shape index (κ2) is 13.5. The molecule has 220 valence electrons. The number of likely N-dealkylation sites (N-methyl/N-ethyl adjacent to an activating group) is 1. The minimum atomic E-state index is -0.155. The first kappa shape index (κ1) is 29.1. The molecule has 10 nitrogen and oxygen atoms in total. The highest BCUT2D eigenvalue weighted by Gasteiger charge is 2.32. The van der Waals surface area contributed by atoms with Gasteiger partial charge < -0.3 is 19.5 Å². The van der Waals surface area contributed by atoms with E-state index in [1.807, 2.05) is 56.3 Å². The highest BCUT2D eigenvalue weighted by Crippen LogP contribution is 2.36. The van der Waals surface area contributed by atoms with Gasteiger partial charge in [-0.2, -0.15) is 4.80 Å². The predicted molar refractivity (Wildman–Crippen MR) is 160 cm³/mol. The normalized spacial score (nSPS) is 17.0. The van der Waals surface area contributed by atoms with Crippen LogP contribution < -0.4 is 19.5 Å². The van der Waals surface area contributed by atoms with Gasteiger partial charge in [0.15, 0.2) is 11.5 Å². The molecule has 1 fully saturated rings. The van der Waals surface area contributed by atoms with Crippen LogP contribution in [-0.4, -0.2) is 71.1 Å². The largest absolute Gasteiger partial charge is 0.497 e. The van der Waals surface area contributed by atoms with E-state index in [0.29, 0.717) is 31.1 Å². The third-order valence-corrected chi connectivity index (χ3v) is 7.50. The lowest BCUT2D eigenvalue weighted by atomic mass is 9.87. The Hall–Kier alpha value is -4.44. The van der Waals surface area contributed by atoms with Crippen LogP contribution in [0.1, 0.15) is 54.1 Å². The zero-order valence-corrected chi connectivity index (χ0v) is 24.6. The molecule has 10 heteroatoms. The van der Waals surface area contributed by atoms with Crippen LogP contribution in [0.15, 0.2) is 66.7 Å². The number of methoxy groups -OCH3 is 1. The van der Waals surface area contributed by atoms with Crippen LogP contribution in [-0.2, 0) is 6.54 Å². The summed E-state index contributed by atoms with van der Waals surface area (Å²) in [7, 11) is 3.70. The molecule has 42 heavy (non-hydrogen) atoms. The molecule has 2 unspecified atom stereocenters. The van der Waals surface area contributed by atoms with Gasteiger partial charge in [0.1, 0.15) is 5.75 Å². The molecule has 1 saturated heterocycles. The van der Waals surface area contributed by atoms with Crippen molar-refractivity contribution in [1.82, 2.24) is 30.4 Å². The molecule has 1 aliphatic heterocycles. The monoisotopic (exact) mass is 570 g/mol. The lowest BCUT2D eigenvalue weighted by Crippen LogP contribution is -2.52. The number of amides is 1. The van der Waals surface area contributed by atoms with Gasteiger partial charge in [-0.25, -0.2) is 0 Å². The Morgan fingerprint density at radius 1 is 0.976 bits per heavy atom. The molecule has 0 bridgehead atoms. The van der Waals surface area contributed by atoms with Crippen molar-refractivity contribution in [2.24, 2.45) is 0 Å². The number of ether oxygens (including phenoxy) is 3. The first-order valence-corrected chi connectivity index (χ1v) is 14.4. The van der Waals surface area contributed by atoms with Crippen LogP contribution >= 0.6 is 0 Å². The SMILES string of the molecule is CCOc1ccc(C2CCCN(C)C2NC(=O)c2ccc(-c3nnn(Cc4ccc(OC)cc4)n3)cc2)cc1OCC. The van der Waals surface area contributed by atoms with Crippen LogP contribution in [0.4, 0.5) is 0 Å². The number of benzene rings is 3. The fourth-order valence-electron chi connectivity index (χ4n) is 5.33. The minimum Gasteiger partial charge on any atom is -0.497 e. The summed E-state index contributed by atoms with van der Waals surface area (Å²) in [6.45, 7) is 6.45. The van der Waals surface area contributed by atoms with Gasteiger partial charge in [-0.15, -0.1) is 10.2 Å². The number of carbonyl (C=O) groups is 1. The van der Waals surface area contributed by atoms with Crippen LogP contribution in [0.3, 0.4) is 0 Å². The molecule has 4 aromatic rings. The van der Waals surface area contributed by atoms with Gasteiger partial charge in [0.2, 0.25) is 5.82 Å². The van der Waals surface area contributed by atoms with Crippen molar-refractivity contribution in [3.05, 3.63) is 83.4 Å². The van der Waals surface area contributed by atoms with E-state index < -0.39 is 0 Å². The standard InChI is InChI=1S/C32H38N6O4/c1-5-41-28-18-15-25(20-29(28)42-6-2)27-8-7-19-37(3)31(27)33-32(39)24-13-11-23(12-14-24)30-34-36-38(35-30)21-22-9-16-26(40-4)17-10-22/h9-18,20,27,31H,5-8,19,21H2,1-4H3,(H,33,39). The van der Waals surface area contributed by atoms with E-state index in [1.54, 1.807) is 24.0 Å². The maximum Gasteiger partial charge on any atom is 0.252 e. The molecule has 3 aromatic carbocycles. The molecule has 1 N–H and O–H groups in total. The van der Waals surface area contributed by atoms with Gasteiger partial charge in [-0.1, -0.05) is 30.3 Å². The smallest absolute Gasteiger partial charge is 0.252 e. The molecule has 2 heterocycles. The second-order valence-corrected chi connectivity index (χ2v) is 10.3. The van der Waals surface area contributed by atoms with E-state index in [9.17, 15) is 4.79 Å². The number of aromatic nitrogens is 4. The number of carbonyl (C=O) groups excluding carboxylic acids is 1. The number of rotatable bonds is 11. The van der Waals surface area contributed by atoms with E-state index >= 15 is 0 Å². The Morgan fingerprint density at radius 2 is 1.71 bits per heavy atom. The predicted octanol–water partition coefficient (Wildman–Crippen LogP) is 4.76. The number of nitrogens with one attached hydrogen (secondary N) is 1. The van der Waals surface area contributed by atoms with Crippen molar-refractivity contribution in [3.63, 3.8) is 0 Å². The summed E-state index contributed by atoms with van der Waals surface area (Å²) >= 11 is 0. The van der Waals surface area contributed by atoms with E-state index in [4.69, 9.17) is 14.2 Å². The van der Waals surface area contributed by atoms with Gasteiger partial charge in [-0.05, 0) is 93.0 Å². The zero-order valence-electron chi connectivity index (χ0n) is 24.6. The molecule has 0 saturated carbocycles. The fraction of sp³-hybridized carbons (Fsp3) is 0.375. The fourth-order valence-corrected chi connectivity index (χ4v) is 5.33. The van der Waals surface area contributed by atoms with E-state index in [1.165, 1.54) is 0 Å². The lowest BCUT2D eigenvalue weighted by molar-refractivity contribution is 0.0786. The second-order valence-electron chi connectivity index (χ2n) is 10.3. The molecule has 1 aliphatic rings. The molecule has 5 rings (SSSR count). The molecular formula is C32H38N6O4. The first-order valence-electron chi connectivity index (χ1n) is 14.4. The maximum atomic E-state index is 13.4. The number of likely N-dealkylation sites (tertiary alicyclic amines) is 1. The van der Waals surface area contributed by atoms with Crippen molar-refractivity contribution in [2.45, 2.75) is 45.3 Å². The van der Waals surface area contributed by atoms with Gasteiger partial charge in [0, 0.05) is 17.0 Å². The highest BCUT2D eigenvalue weighted by atomic mass is 16.5. The number of hydrogen-bond donors (Lipinski definition) is 1. The van der Waals surface area contributed by atoms with E-state index in [0.717, 1.165) is 53.3 Å². The number of nitrogens with zero attached hydrogens (tertiary/aromatic N) is 5. The third-order valence-electron chi connectivity index (χ3n) is 7.50. The van der Waals surface area contributed by atoms with Gasteiger partial charge in [0.05, 0.1) is 33.0 Å². The van der Waals surface area contributed by atoms with Crippen molar-refractivity contribution in [3.8, 4) is 28.6 Å². The summed E-state index contributed by atoms with van der Waals surface area (Å²) in [5, 5.41) is 16.2. The van der Waals surface area contributed by atoms with Crippen molar-refractivity contribution < 1.29 is 19.0 Å². The quantitative estimate of drug-likeness (QED) is 0.275. The van der Waals surface area contributed by atoms with Crippen LogP contribution in [0.25, 0.3) is 11.4 Å². The Labute approximate surface area is 246 Å². The first-order chi connectivity index (χ1) is 20.5. The highest BCUT2D eigenvalue weighted by molar-refractivity contribution is 5.94. The van der Waals surface area contributed by atoms with Crippen LogP contribution in [0, 0.1) is 0 Å². The van der Waals surface area contributed by atoms with Crippen LogP contribution in [0.5, 0.6) is 17.2 Å². The summed E-state index contributed by atoms with van der Waals surface area (Å²) in [6, 6.07) is 21.2. The molecule has 2 atom stereocenters. The molecule has 0 radical (unpaired) electrons. The number of piperidine rings is 1.